The fourth-order valence-corrected chi connectivity index (χ4v) is 1.15. The van der Waals surface area contributed by atoms with Crippen LogP contribution >= 0.6 is 0 Å². The van der Waals surface area contributed by atoms with Gasteiger partial charge in [0.2, 0.25) is 5.90 Å². The molecule has 0 spiro atoms. The lowest BCUT2D eigenvalue weighted by atomic mass is 10.1. The van der Waals surface area contributed by atoms with Crippen LogP contribution in [0.5, 0.6) is 5.75 Å². The molecular weight excluding hydrogens is 226 g/mol. The smallest absolute Gasteiger partial charge is 0.219 e. The summed E-state index contributed by atoms with van der Waals surface area (Å²) in [5.41, 5.74) is 0. The second-order valence-electron chi connectivity index (χ2n) is 3.46. The molecule has 6 heteroatoms. The highest BCUT2D eigenvalue weighted by Gasteiger charge is 2.28. The van der Waals surface area contributed by atoms with Crippen molar-refractivity contribution in [3.8, 4) is 5.75 Å². The lowest BCUT2D eigenvalue weighted by Crippen LogP contribution is -2.45. The molecule has 0 aliphatic rings. The van der Waals surface area contributed by atoms with Crippen molar-refractivity contribution in [3.05, 3.63) is 30.3 Å². The third kappa shape index (κ3) is 3.79. The van der Waals surface area contributed by atoms with E-state index in [0.717, 1.165) is 0 Å². The Morgan fingerprint density at radius 1 is 1.18 bits per heavy atom. The SMILES string of the molecule is N=C(Oc1ccccc1)[C@H](O)[C@H](O)[C@H](O)CO. The summed E-state index contributed by atoms with van der Waals surface area (Å²) in [7, 11) is 0. The molecule has 1 aromatic rings. The fourth-order valence-electron chi connectivity index (χ4n) is 1.15. The zero-order chi connectivity index (χ0) is 12.8. The van der Waals surface area contributed by atoms with E-state index in [0.29, 0.717) is 5.75 Å². The van der Waals surface area contributed by atoms with E-state index in [9.17, 15) is 10.2 Å². The van der Waals surface area contributed by atoms with E-state index in [4.69, 9.17) is 20.4 Å². The molecular formula is C11H15NO5. The maximum absolute atomic E-state index is 9.48. The quantitative estimate of drug-likeness (QED) is 0.339. The summed E-state index contributed by atoms with van der Waals surface area (Å²) < 4.78 is 4.97. The maximum atomic E-state index is 9.48. The van der Waals surface area contributed by atoms with Crippen LogP contribution in [0.2, 0.25) is 0 Å². The molecule has 0 amide bonds. The van der Waals surface area contributed by atoms with Gasteiger partial charge in [0, 0.05) is 0 Å². The van der Waals surface area contributed by atoms with E-state index < -0.39 is 30.8 Å². The van der Waals surface area contributed by atoms with Gasteiger partial charge in [0.15, 0.2) is 6.10 Å². The highest BCUT2D eigenvalue weighted by molar-refractivity contribution is 5.80. The number of ether oxygens (including phenoxy) is 1. The first-order chi connectivity index (χ1) is 8.06. The Kier molecular flexibility index (Phi) is 5.05. The summed E-state index contributed by atoms with van der Waals surface area (Å²) >= 11 is 0. The molecule has 1 rings (SSSR count). The molecule has 17 heavy (non-hydrogen) atoms. The predicted octanol–water partition coefficient (Wildman–Crippen LogP) is -0.882. The Morgan fingerprint density at radius 2 is 1.76 bits per heavy atom. The molecule has 6 nitrogen and oxygen atoms in total. The molecule has 0 aromatic heterocycles. The fraction of sp³-hybridized carbons (Fsp3) is 0.364. The molecule has 94 valence electrons. The van der Waals surface area contributed by atoms with Crippen molar-refractivity contribution in [2.45, 2.75) is 18.3 Å². The van der Waals surface area contributed by atoms with Gasteiger partial charge in [0.05, 0.1) is 6.61 Å². The van der Waals surface area contributed by atoms with Gasteiger partial charge in [0.25, 0.3) is 0 Å². The van der Waals surface area contributed by atoms with Crippen LogP contribution in [-0.2, 0) is 0 Å². The topological polar surface area (TPSA) is 114 Å². The number of rotatable bonds is 5. The molecule has 0 heterocycles. The molecule has 1 aromatic carbocycles. The van der Waals surface area contributed by atoms with Crippen LogP contribution < -0.4 is 4.74 Å². The van der Waals surface area contributed by atoms with Crippen molar-refractivity contribution in [3.63, 3.8) is 0 Å². The van der Waals surface area contributed by atoms with E-state index in [2.05, 4.69) is 0 Å². The summed E-state index contributed by atoms with van der Waals surface area (Å²) in [6.07, 6.45) is -4.89. The molecule has 0 aliphatic heterocycles. The number of aliphatic hydroxyl groups is 4. The highest BCUT2D eigenvalue weighted by Crippen LogP contribution is 2.11. The minimum Gasteiger partial charge on any atom is -0.441 e. The summed E-state index contributed by atoms with van der Waals surface area (Å²) in [5.74, 6) is -0.265. The van der Waals surface area contributed by atoms with Crippen LogP contribution in [0.1, 0.15) is 0 Å². The van der Waals surface area contributed by atoms with Gasteiger partial charge >= 0.3 is 0 Å². The molecule has 0 saturated heterocycles. The van der Waals surface area contributed by atoms with Crippen LogP contribution in [0.15, 0.2) is 30.3 Å². The van der Waals surface area contributed by atoms with E-state index in [1.807, 2.05) is 0 Å². The average Bonchev–Trinajstić information content (AvgIpc) is 2.37. The van der Waals surface area contributed by atoms with E-state index in [1.165, 1.54) is 0 Å². The zero-order valence-corrected chi connectivity index (χ0v) is 9.02. The average molecular weight is 241 g/mol. The van der Waals surface area contributed by atoms with Crippen molar-refractivity contribution >= 4 is 5.90 Å². The first kappa shape index (κ1) is 13.6. The minimum atomic E-state index is -1.70. The van der Waals surface area contributed by atoms with Gasteiger partial charge < -0.3 is 25.2 Å². The van der Waals surface area contributed by atoms with Crippen LogP contribution in [0.4, 0.5) is 0 Å². The van der Waals surface area contributed by atoms with E-state index in [1.54, 1.807) is 30.3 Å². The number of nitrogens with one attached hydrogen (secondary N) is 1. The van der Waals surface area contributed by atoms with Crippen molar-refractivity contribution < 1.29 is 25.2 Å². The Labute approximate surface area is 98.2 Å². The summed E-state index contributed by atoms with van der Waals surface area (Å²) in [6.45, 7) is -0.711. The second kappa shape index (κ2) is 6.31. The van der Waals surface area contributed by atoms with Crippen LogP contribution in [0.3, 0.4) is 0 Å². The first-order valence-corrected chi connectivity index (χ1v) is 5.02. The molecule has 0 aliphatic carbocycles. The lowest BCUT2D eigenvalue weighted by Gasteiger charge is -2.21. The summed E-state index contributed by atoms with van der Waals surface area (Å²) in [4.78, 5) is 0. The monoisotopic (exact) mass is 241 g/mol. The lowest BCUT2D eigenvalue weighted by molar-refractivity contribution is -0.0589. The van der Waals surface area contributed by atoms with Gasteiger partial charge in [0.1, 0.15) is 18.0 Å². The highest BCUT2D eigenvalue weighted by atomic mass is 16.5. The van der Waals surface area contributed by atoms with Crippen molar-refractivity contribution in [1.29, 1.82) is 5.41 Å². The molecule has 0 saturated carbocycles. The summed E-state index contributed by atoms with van der Waals surface area (Å²) in [6, 6.07) is 8.30. The first-order valence-electron chi connectivity index (χ1n) is 5.02. The molecule has 0 fully saturated rings. The van der Waals surface area contributed by atoms with Gasteiger partial charge in [-0.2, -0.15) is 0 Å². The Morgan fingerprint density at radius 3 is 2.29 bits per heavy atom. The van der Waals surface area contributed by atoms with Crippen molar-refractivity contribution in [2.24, 2.45) is 0 Å². The Balaban J connectivity index is 2.59. The number of hydrogen-bond donors (Lipinski definition) is 5. The predicted molar refractivity (Wildman–Crippen MR) is 59.9 cm³/mol. The van der Waals surface area contributed by atoms with Crippen LogP contribution in [-0.4, -0.2) is 51.2 Å². The summed E-state index contributed by atoms with van der Waals surface area (Å²) in [5, 5.41) is 43.9. The van der Waals surface area contributed by atoms with E-state index in [-0.39, 0.29) is 0 Å². The molecule has 0 radical (unpaired) electrons. The van der Waals surface area contributed by atoms with Gasteiger partial charge in [-0.25, -0.2) is 0 Å². The van der Waals surface area contributed by atoms with Gasteiger partial charge in [-0.3, -0.25) is 5.41 Å². The van der Waals surface area contributed by atoms with Gasteiger partial charge in [-0.05, 0) is 12.1 Å². The van der Waals surface area contributed by atoms with Crippen LogP contribution in [0, 0.1) is 5.41 Å². The third-order valence-corrected chi connectivity index (χ3v) is 2.14. The zero-order valence-electron chi connectivity index (χ0n) is 9.02. The number of para-hydroxylation sites is 1. The number of hydrogen-bond acceptors (Lipinski definition) is 6. The number of aliphatic hydroxyl groups excluding tert-OH is 4. The Hall–Kier alpha value is -1.47. The second-order valence-corrected chi connectivity index (χ2v) is 3.46. The largest absolute Gasteiger partial charge is 0.441 e. The maximum Gasteiger partial charge on any atom is 0.219 e. The van der Waals surface area contributed by atoms with Crippen molar-refractivity contribution in [2.75, 3.05) is 6.61 Å². The molecule has 0 unspecified atom stereocenters. The Bertz CT molecular complexity index is 356. The molecule has 5 N–H and O–H groups in total. The molecule has 3 atom stereocenters. The minimum absolute atomic E-state index is 0.335. The van der Waals surface area contributed by atoms with Crippen molar-refractivity contribution in [1.82, 2.24) is 0 Å². The number of benzene rings is 1. The van der Waals surface area contributed by atoms with E-state index >= 15 is 0 Å². The molecule has 0 bridgehead atoms. The third-order valence-electron chi connectivity index (χ3n) is 2.14. The van der Waals surface area contributed by atoms with Gasteiger partial charge in [-0.1, -0.05) is 18.2 Å². The standard InChI is InChI=1S/C11H15NO5/c12-11(10(16)9(15)8(14)6-13)17-7-4-2-1-3-5-7/h1-5,8-10,12-16H,6H2/t8-,9-,10-/m1/s1. The van der Waals surface area contributed by atoms with Crippen LogP contribution in [0.25, 0.3) is 0 Å². The normalized spacial score (nSPS) is 16.0. The van der Waals surface area contributed by atoms with Gasteiger partial charge in [-0.15, -0.1) is 0 Å².